The number of nitrogens with one attached hydrogen (secondary N) is 3. The zero-order valence-electron chi connectivity index (χ0n) is 33.3. The first kappa shape index (κ1) is 41.9. The highest BCUT2D eigenvalue weighted by Crippen LogP contribution is 2.20. The summed E-state index contributed by atoms with van der Waals surface area (Å²) in [6.45, 7) is 5.68. The molecule has 3 fully saturated rings. The van der Waals surface area contributed by atoms with Crippen LogP contribution in [0, 0.1) is 0 Å². The van der Waals surface area contributed by atoms with E-state index in [2.05, 4.69) is 30.7 Å². The highest BCUT2D eigenvalue weighted by atomic mass is 16.6. The lowest BCUT2D eigenvalue weighted by Crippen LogP contribution is -2.43. The van der Waals surface area contributed by atoms with Crippen LogP contribution in [0.3, 0.4) is 0 Å². The molecule has 15 heteroatoms. The van der Waals surface area contributed by atoms with Gasteiger partial charge in [0.15, 0.2) is 0 Å². The average Bonchev–Trinajstić information content (AvgIpc) is 3.90. The molecule has 3 aliphatic heterocycles. The van der Waals surface area contributed by atoms with Crippen molar-refractivity contribution in [2.24, 2.45) is 0 Å². The van der Waals surface area contributed by atoms with E-state index < -0.39 is 18.3 Å². The molecule has 3 aromatic carbocycles. The maximum Gasteiger partial charge on any atom is 0.407 e. The third kappa shape index (κ3) is 12.4. The summed E-state index contributed by atoms with van der Waals surface area (Å²) in [6.07, 6.45) is -1.90. The molecule has 6 atom stereocenters. The lowest BCUT2D eigenvalue weighted by Gasteiger charge is -2.19. The molecule has 0 spiro atoms. The molecule has 57 heavy (non-hydrogen) atoms. The van der Waals surface area contributed by atoms with E-state index in [4.69, 9.17) is 28.4 Å². The Morgan fingerprint density at radius 2 is 0.895 bits per heavy atom. The number of carbonyl (C=O) groups excluding carboxylic acids is 3. The van der Waals surface area contributed by atoms with E-state index in [9.17, 15) is 14.4 Å². The summed E-state index contributed by atoms with van der Waals surface area (Å²) in [5.74, 6) is 0. The standard InChI is InChI=1S/C42H56N6O9/c1-46-20-34(37(23-46)52-2)43-40(49)56-27-32-14-8-12-30(16-32)19-48-22-36(39(25-48)54-4)45-42(51)57-28-33-15-9-13-31(17-33)18-47-21-35(38(24-47)53-3)44-41(50)55-26-29-10-6-5-7-11-29/h5-17,34-39H,18-28H2,1-4H3,(H,43,49)(H,44,50)(H,45,51)/t34-,35-,36+,37+,38-,39+/m0/s1. The van der Waals surface area contributed by atoms with Crippen molar-refractivity contribution >= 4 is 18.3 Å². The van der Waals surface area contributed by atoms with E-state index in [0.29, 0.717) is 45.8 Å². The van der Waals surface area contributed by atoms with Gasteiger partial charge in [0, 0.05) is 73.7 Å². The maximum atomic E-state index is 13.0. The fourth-order valence-electron chi connectivity index (χ4n) is 7.81. The van der Waals surface area contributed by atoms with Crippen LogP contribution < -0.4 is 16.0 Å². The van der Waals surface area contributed by atoms with Gasteiger partial charge in [0.25, 0.3) is 0 Å². The van der Waals surface area contributed by atoms with Gasteiger partial charge in [-0.25, -0.2) is 14.4 Å². The van der Waals surface area contributed by atoms with Crippen LogP contribution in [0.1, 0.15) is 27.8 Å². The van der Waals surface area contributed by atoms with E-state index in [-0.39, 0.29) is 56.3 Å². The van der Waals surface area contributed by atoms with Gasteiger partial charge in [-0.1, -0.05) is 78.9 Å². The second-order valence-corrected chi connectivity index (χ2v) is 15.0. The first-order valence-corrected chi connectivity index (χ1v) is 19.4. The van der Waals surface area contributed by atoms with Gasteiger partial charge in [0.1, 0.15) is 19.8 Å². The number of nitrogens with zero attached hydrogens (tertiary/aromatic N) is 3. The number of hydrogen-bond donors (Lipinski definition) is 3. The summed E-state index contributed by atoms with van der Waals surface area (Å²) < 4.78 is 33.5. The predicted molar refractivity (Wildman–Crippen MR) is 211 cm³/mol. The second-order valence-electron chi connectivity index (χ2n) is 15.0. The molecule has 0 aliphatic carbocycles. The molecule has 3 saturated heterocycles. The number of methoxy groups -OCH3 is 3. The molecule has 3 heterocycles. The van der Waals surface area contributed by atoms with Crippen LogP contribution >= 0.6 is 0 Å². The van der Waals surface area contributed by atoms with E-state index in [1.54, 1.807) is 21.3 Å². The van der Waals surface area contributed by atoms with Crippen molar-refractivity contribution in [2.75, 3.05) is 67.6 Å². The van der Waals surface area contributed by atoms with Gasteiger partial charge in [-0.2, -0.15) is 0 Å². The van der Waals surface area contributed by atoms with Crippen LogP contribution in [0.2, 0.25) is 0 Å². The Hall–Kier alpha value is -4.77. The number of likely N-dealkylation sites (N-methyl/N-ethyl adjacent to an activating group) is 1. The average molecular weight is 789 g/mol. The maximum absolute atomic E-state index is 13.0. The molecule has 15 nitrogen and oxygen atoms in total. The summed E-state index contributed by atoms with van der Waals surface area (Å²) in [5, 5.41) is 8.88. The minimum atomic E-state index is -0.511. The fraction of sp³-hybridized carbons (Fsp3) is 0.500. The summed E-state index contributed by atoms with van der Waals surface area (Å²) in [5.41, 5.74) is 4.79. The first-order chi connectivity index (χ1) is 27.7. The van der Waals surface area contributed by atoms with E-state index in [1.807, 2.05) is 85.9 Å². The number of amides is 3. The normalized spacial score (nSPS) is 23.9. The van der Waals surface area contributed by atoms with E-state index in [1.165, 1.54) is 0 Å². The Kier molecular flexibility index (Phi) is 15.1. The van der Waals surface area contributed by atoms with Crippen LogP contribution in [-0.2, 0) is 61.3 Å². The van der Waals surface area contributed by atoms with Crippen molar-refractivity contribution in [3.05, 3.63) is 107 Å². The molecule has 308 valence electrons. The minimum Gasteiger partial charge on any atom is -0.445 e. The van der Waals surface area contributed by atoms with Gasteiger partial charge < -0.3 is 49.3 Å². The van der Waals surface area contributed by atoms with Gasteiger partial charge in [-0.15, -0.1) is 0 Å². The van der Waals surface area contributed by atoms with Crippen molar-refractivity contribution < 1.29 is 42.8 Å². The molecule has 3 aromatic rings. The van der Waals surface area contributed by atoms with Crippen LogP contribution in [0.15, 0.2) is 78.9 Å². The Balaban J connectivity index is 0.918. The van der Waals surface area contributed by atoms with Gasteiger partial charge >= 0.3 is 18.3 Å². The number of ether oxygens (including phenoxy) is 6. The quantitative estimate of drug-likeness (QED) is 0.182. The third-order valence-corrected chi connectivity index (χ3v) is 10.7. The highest BCUT2D eigenvalue weighted by Gasteiger charge is 2.36. The second kappa shape index (κ2) is 20.6. The topological polar surface area (TPSA) is 152 Å². The first-order valence-electron chi connectivity index (χ1n) is 19.4. The molecule has 0 saturated carbocycles. The molecule has 6 rings (SSSR count). The summed E-state index contributed by atoms with van der Waals surface area (Å²) in [7, 11) is 6.93. The Labute approximate surface area is 334 Å². The van der Waals surface area contributed by atoms with Crippen molar-refractivity contribution in [3.63, 3.8) is 0 Å². The Bertz CT molecular complexity index is 1770. The zero-order chi connectivity index (χ0) is 40.1. The number of hydrogen-bond acceptors (Lipinski definition) is 12. The van der Waals surface area contributed by atoms with Crippen molar-refractivity contribution in [3.8, 4) is 0 Å². The summed E-state index contributed by atoms with van der Waals surface area (Å²) >= 11 is 0. The van der Waals surface area contributed by atoms with Crippen molar-refractivity contribution in [1.82, 2.24) is 30.7 Å². The molecule has 0 bridgehead atoms. The Morgan fingerprint density at radius 3 is 1.35 bits per heavy atom. The van der Waals surface area contributed by atoms with Crippen molar-refractivity contribution in [1.29, 1.82) is 0 Å². The SMILES string of the molecule is CO[C@H]1CN(Cc2cccc(COC(=O)N[C@@H]3CN(Cc4cccc(COC(=O)N[C@H]5CN(C)C[C@H]5OC)c4)C[C@H]3OC)c2)C[C@@H]1NC(=O)OCc1ccccc1. The van der Waals surface area contributed by atoms with Crippen molar-refractivity contribution in [2.45, 2.75) is 69.3 Å². The number of benzene rings is 3. The molecule has 3 amide bonds. The fourth-order valence-corrected chi connectivity index (χ4v) is 7.81. The largest absolute Gasteiger partial charge is 0.445 e. The van der Waals surface area contributed by atoms with E-state index in [0.717, 1.165) is 34.4 Å². The summed E-state index contributed by atoms with van der Waals surface area (Å²) in [6, 6.07) is 24.8. The number of alkyl carbamates (subject to hydrolysis) is 3. The smallest absolute Gasteiger partial charge is 0.407 e. The molecular weight excluding hydrogens is 732 g/mol. The molecule has 3 aliphatic rings. The van der Waals surface area contributed by atoms with Gasteiger partial charge in [-0.3, -0.25) is 9.80 Å². The summed E-state index contributed by atoms with van der Waals surface area (Å²) in [4.78, 5) is 44.6. The van der Waals surface area contributed by atoms with Crippen LogP contribution in [0.4, 0.5) is 14.4 Å². The Morgan fingerprint density at radius 1 is 0.509 bits per heavy atom. The molecule has 0 unspecified atom stereocenters. The van der Waals surface area contributed by atoms with Crippen LogP contribution in [0.25, 0.3) is 0 Å². The molecule has 0 radical (unpaired) electrons. The molecule has 0 aromatic heterocycles. The monoisotopic (exact) mass is 788 g/mol. The number of carbonyl (C=O) groups is 3. The molecular formula is C42H56N6O9. The zero-order valence-corrected chi connectivity index (χ0v) is 33.3. The number of likely N-dealkylation sites (tertiary alicyclic amines) is 3. The van der Waals surface area contributed by atoms with E-state index >= 15 is 0 Å². The van der Waals surface area contributed by atoms with Gasteiger partial charge in [0.2, 0.25) is 0 Å². The number of rotatable bonds is 16. The van der Waals surface area contributed by atoms with Gasteiger partial charge in [0.05, 0.1) is 36.4 Å². The minimum absolute atomic E-state index is 0.0683. The molecule has 3 N–H and O–H groups in total. The lowest BCUT2D eigenvalue weighted by atomic mass is 10.1. The lowest BCUT2D eigenvalue weighted by molar-refractivity contribution is 0.0817. The van der Waals surface area contributed by atoms with Crippen LogP contribution in [0.5, 0.6) is 0 Å². The predicted octanol–water partition coefficient (Wildman–Crippen LogP) is 3.49. The van der Waals surface area contributed by atoms with Crippen LogP contribution in [-0.4, -0.2) is 137 Å². The third-order valence-electron chi connectivity index (χ3n) is 10.7. The highest BCUT2D eigenvalue weighted by molar-refractivity contribution is 5.68. The van der Waals surface area contributed by atoms with Gasteiger partial charge in [-0.05, 0) is 34.9 Å².